The molecule has 1 saturated heterocycles. The molecule has 0 spiro atoms. The van der Waals surface area contributed by atoms with Gasteiger partial charge in [-0.2, -0.15) is 0 Å². The molecule has 3 rings (SSSR count). The summed E-state index contributed by atoms with van der Waals surface area (Å²) in [5.74, 6) is 1.22. The summed E-state index contributed by atoms with van der Waals surface area (Å²) in [7, 11) is 0. The van der Waals surface area contributed by atoms with E-state index in [0.29, 0.717) is 34.9 Å². The zero-order chi connectivity index (χ0) is 16.8. The molecule has 132 valence electrons. The first-order valence-corrected chi connectivity index (χ1v) is 9.54. The van der Waals surface area contributed by atoms with Crippen LogP contribution in [0.2, 0.25) is 5.02 Å². The lowest BCUT2D eigenvalue weighted by Gasteiger charge is -2.23. The third kappa shape index (κ3) is 4.87. The van der Waals surface area contributed by atoms with Gasteiger partial charge in [0.05, 0.1) is 11.6 Å². The van der Waals surface area contributed by atoms with E-state index in [0.717, 1.165) is 38.8 Å². The van der Waals surface area contributed by atoms with Gasteiger partial charge in [-0.3, -0.25) is 4.79 Å². The van der Waals surface area contributed by atoms with Crippen molar-refractivity contribution in [2.75, 3.05) is 19.7 Å². The Morgan fingerprint density at radius 3 is 2.62 bits per heavy atom. The molecule has 2 aliphatic rings. The summed E-state index contributed by atoms with van der Waals surface area (Å²) in [4.78, 5) is 12.4. The van der Waals surface area contributed by atoms with Gasteiger partial charge in [-0.15, -0.1) is 0 Å². The third-order valence-electron chi connectivity index (χ3n) is 5.07. The highest BCUT2D eigenvalue weighted by Crippen LogP contribution is 2.27. The highest BCUT2D eigenvalue weighted by molar-refractivity contribution is 6.32. The number of rotatable bonds is 5. The molecule has 0 radical (unpaired) electrons. The van der Waals surface area contributed by atoms with Crippen LogP contribution in [0.25, 0.3) is 0 Å². The number of piperidine rings is 1. The molecule has 2 fully saturated rings. The number of hydrogen-bond donors (Lipinski definition) is 2. The monoisotopic (exact) mass is 350 g/mol. The Balaban J connectivity index is 1.54. The van der Waals surface area contributed by atoms with Gasteiger partial charge in [-0.1, -0.05) is 30.9 Å². The van der Waals surface area contributed by atoms with Crippen molar-refractivity contribution in [3.63, 3.8) is 0 Å². The van der Waals surface area contributed by atoms with Crippen LogP contribution >= 0.6 is 11.6 Å². The van der Waals surface area contributed by atoms with E-state index >= 15 is 0 Å². The number of hydrogen-bond acceptors (Lipinski definition) is 3. The second kappa shape index (κ2) is 8.72. The van der Waals surface area contributed by atoms with Gasteiger partial charge >= 0.3 is 0 Å². The molecule has 0 atom stereocenters. The lowest BCUT2D eigenvalue weighted by molar-refractivity contribution is 0.0927. The number of carbonyl (C=O) groups excluding carboxylic acids is 1. The number of nitrogens with one attached hydrogen (secondary N) is 2. The first kappa shape index (κ1) is 17.6. The van der Waals surface area contributed by atoms with E-state index in [-0.39, 0.29) is 5.91 Å². The smallest absolute Gasteiger partial charge is 0.251 e. The number of benzene rings is 1. The fourth-order valence-corrected chi connectivity index (χ4v) is 3.77. The largest absolute Gasteiger partial charge is 0.492 e. The molecular formula is C19H27ClN2O2. The molecule has 1 heterocycles. The molecule has 1 amide bonds. The van der Waals surface area contributed by atoms with Crippen LogP contribution in [0.4, 0.5) is 0 Å². The first-order valence-electron chi connectivity index (χ1n) is 9.16. The van der Waals surface area contributed by atoms with Crippen LogP contribution in [-0.4, -0.2) is 31.6 Å². The van der Waals surface area contributed by atoms with Crippen molar-refractivity contribution in [3.8, 4) is 5.75 Å². The number of ether oxygens (including phenoxy) is 1. The number of amides is 1. The minimum atomic E-state index is -0.0336. The molecule has 0 aromatic heterocycles. The van der Waals surface area contributed by atoms with Gasteiger partial charge < -0.3 is 15.4 Å². The van der Waals surface area contributed by atoms with Crippen molar-refractivity contribution in [2.24, 2.45) is 5.92 Å². The molecule has 1 aliphatic carbocycles. The van der Waals surface area contributed by atoms with Crippen LogP contribution in [0.5, 0.6) is 5.75 Å². The van der Waals surface area contributed by atoms with Crippen molar-refractivity contribution in [1.29, 1.82) is 0 Å². The average molecular weight is 351 g/mol. The Morgan fingerprint density at radius 1 is 1.17 bits per heavy atom. The molecule has 1 aliphatic heterocycles. The van der Waals surface area contributed by atoms with Crippen LogP contribution < -0.4 is 15.4 Å². The molecule has 1 saturated carbocycles. The van der Waals surface area contributed by atoms with E-state index in [9.17, 15) is 4.79 Å². The minimum Gasteiger partial charge on any atom is -0.492 e. The molecule has 1 aromatic rings. The molecule has 24 heavy (non-hydrogen) atoms. The third-order valence-corrected chi connectivity index (χ3v) is 5.36. The second-order valence-corrected chi connectivity index (χ2v) is 7.37. The summed E-state index contributed by atoms with van der Waals surface area (Å²) in [6.45, 7) is 2.80. The SMILES string of the molecule is O=C(NC1CCCCC1)c1ccc(OCC2CCNCC2)c(Cl)c1. The quantitative estimate of drug-likeness (QED) is 0.849. The van der Waals surface area contributed by atoms with Crippen LogP contribution in [0.1, 0.15) is 55.3 Å². The van der Waals surface area contributed by atoms with Gasteiger partial charge in [0.15, 0.2) is 0 Å². The maximum atomic E-state index is 12.4. The summed E-state index contributed by atoms with van der Waals surface area (Å²) in [5.41, 5.74) is 0.611. The fraction of sp³-hybridized carbons (Fsp3) is 0.632. The van der Waals surface area contributed by atoms with Crippen LogP contribution in [-0.2, 0) is 0 Å². The molecule has 0 bridgehead atoms. The molecular weight excluding hydrogens is 324 g/mol. The minimum absolute atomic E-state index is 0.0336. The Kier molecular flexibility index (Phi) is 6.38. The zero-order valence-corrected chi connectivity index (χ0v) is 14.9. The lowest BCUT2D eigenvalue weighted by Crippen LogP contribution is -2.36. The average Bonchev–Trinajstić information content (AvgIpc) is 2.62. The van der Waals surface area contributed by atoms with Crippen molar-refractivity contribution in [3.05, 3.63) is 28.8 Å². The Labute approximate surface area is 149 Å². The van der Waals surface area contributed by atoms with Gasteiger partial charge in [-0.05, 0) is 62.9 Å². The summed E-state index contributed by atoms with van der Waals surface area (Å²) >= 11 is 6.32. The Morgan fingerprint density at radius 2 is 1.92 bits per heavy atom. The molecule has 4 nitrogen and oxygen atoms in total. The van der Waals surface area contributed by atoms with Crippen molar-refractivity contribution >= 4 is 17.5 Å². The highest BCUT2D eigenvalue weighted by atomic mass is 35.5. The topological polar surface area (TPSA) is 50.4 Å². The van der Waals surface area contributed by atoms with Gasteiger partial charge in [0.2, 0.25) is 0 Å². The lowest BCUT2D eigenvalue weighted by atomic mass is 9.95. The van der Waals surface area contributed by atoms with Crippen molar-refractivity contribution in [2.45, 2.75) is 51.0 Å². The predicted molar refractivity (Wildman–Crippen MR) is 96.9 cm³/mol. The van der Waals surface area contributed by atoms with Gasteiger partial charge in [0.1, 0.15) is 5.75 Å². The van der Waals surface area contributed by atoms with Crippen molar-refractivity contribution in [1.82, 2.24) is 10.6 Å². The van der Waals surface area contributed by atoms with E-state index < -0.39 is 0 Å². The molecule has 1 aromatic carbocycles. The van der Waals surface area contributed by atoms with Crippen molar-refractivity contribution < 1.29 is 9.53 Å². The van der Waals surface area contributed by atoms with Gasteiger partial charge in [0.25, 0.3) is 5.91 Å². The molecule has 5 heteroatoms. The maximum Gasteiger partial charge on any atom is 0.251 e. The van der Waals surface area contributed by atoms with Crippen LogP contribution in [0.15, 0.2) is 18.2 Å². The van der Waals surface area contributed by atoms with Gasteiger partial charge in [-0.25, -0.2) is 0 Å². The fourth-order valence-electron chi connectivity index (χ4n) is 3.53. The van der Waals surface area contributed by atoms with Gasteiger partial charge in [0, 0.05) is 11.6 Å². The zero-order valence-electron chi connectivity index (χ0n) is 14.2. The Bertz CT molecular complexity index is 552. The van der Waals surface area contributed by atoms with Crippen LogP contribution in [0.3, 0.4) is 0 Å². The summed E-state index contributed by atoms with van der Waals surface area (Å²) in [5, 5.41) is 6.99. The van der Waals surface area contributed by atoms with E-state index in [4.69, 9.17) is 16.3 Å². The Hall–Kier alpha value is -1.26. The summed E-state index contributed by atoms with van der Waals surface area (Å²) in [6.07, 6.45) is 8.12. The van der Waals surface area contributed by atoms with Crippen LogP contribution in [0, 0.1) is 5.92 Å². The number of carbonyl (C=O) groups is 1. The molecule has 2 N–H and O–H groups in total. The second-order valence-electron chi connectivity index (χ2n) is 6.96. The van der Waals surface area contributed by atoms with E-state index in [2.05, 4.69) is 10.6 Å². The summed E-state index contributed by atoms with van der Waals surface area (Å²) < 4.78 is 5.87. The van der Waals surface area contributed by atoms with E-state index in [1.54, 1.807) is 6.07 Å². The standard InChI is InChI=1S/C19H27ClN2O2/c20-17-12-15(19(23)22-16-4-2-1-3-5-16)6-7-18(17)24-13-14-8-10-21-11-9-14/h6-7,12,14,16,21H,1-5,8-11,13H2,(H,22,23). The summed E-state index contributed by atoms with van der Waals surface area (Å²) in [6, 6.07) is 5.65. The van der Waals surface area contributed by atoms with E-state index in [1.807, 2.05) is 12.1 Å². The number of halogens is 1. The molecule has 0 unspecified atom stereocenters. The van der Waals surface area contributed by atoms with E-state index in [1.165, 1.54) is 19.3 Å². The first-order chi connectivity index (χ1) is 11.7. The highest BCUT2D eigenvalue weighted by Gasteiger charge is 2.18. The maximum absolute atomic E-state index is 12.4. The predicted octanol–water partition coefficient (Wildman–Crippen LogP) is 3.78. The normalized spacial score (nSPS) is 19.9.